The number of hydrogen-bond acceptors (Lipinski definition) is 11. The first-order chi connectivity index (χ1) is 18.5. The van der Waals surface area contributed by atoms with Gasteiger partial charge in [-0.2, -0.15) is 9.97 Å². The van der Waals surface area contributed by atoms with Crippen LogP contribution < -0.4 is 25.6 Å². The number of carboxylic acid groups (broad SMARTS) is 1. The van der Waals surface area contributed by atoms with E-state index in [0.717, 1.165) is 36.6 Å². The molecule has 1 atom stereocenters. The fourth-order valence-corrected chi connectivity index (χ4v) is 5.28. The number of rotatable bonds is 7. The number of aromatic carboxylic acids is 1. The summed E-state index contributed by atoms with van der Waals surface area (Å²) in [5.74, 6) is 0.371. The van der Waals surface area contributed by atoms with Crippen LogP contribution in [-0.4, -0.2) is 82.8 Å². The average molecular weight is 534 g/mol. The number of anilines is 6. The Kier molecular flexibility index (Phi) is 6.67. The van der Waals surface area contributed by atoms with E-state index in [4.69, 9.17) is 20.4 Å². The number of carboxylic acids is 1. The van der Waals surface area contributed by atoms with Gasteiger partial charge in [0.2, 0.25) is 11.8 Å². The standard InChI is InChI=1S/C27H35N9O3/c1-15-7-8-20-21(30-15)27(2,3)14-36(20)22-17(25(37)38)12-29-26(33-22)31-19-11-18(28)23(32-24(19)39-6)35-10-9-16(13-35)34(4)5/h7-8,11-12,16H,9-10,13-14,28H2,1-6H3,(H,37,38)(H,29,31,33)/t16-/m1/s1. The molecule has 0 bridgehead atoms. The molecule has 0 saturated carbocycles. The second-order valence-electron chi connectivity index (χ2n) is 11.0. The Hall–Kier alpha value is -4.19. The number of fused-ring (bicyclic) bond motifs is 1. The molecule has 5 heterocycles. The summed E-state index contributed by atoms with van der Waals surface area (Å²) in [6.07, 6.45) is 2.33. The maximum absolute atomic E-state index is 12.2. The van der Waals surface area contributed by atoms with E-state index < -0.39 is 5.97 Å². The zero-order valence-electron chi connectivity index (χ0n) is 23.2. The number of ether oxygens (including phenoxy) is 1. The summed E-state index contributed by atoms with van der Waals surface area (Å²) in [5, 5.41) is 13.1. The van der Waals surface area contributed by atoms with Crippen LogP contribution in [0.5, 0.6) is 5.88 Å². The van der Waals surface area contributed by atoms with Crippen LogP contribution in [0, 0.1) is 6.92 Å². The summed E-state index contributed by atoms with van der Waals surface area (Å²) >= 11 is 0. The summed E-state index contributed by atoms with van der Waals surface area (Å²) in [5.41, 5.74) is 9.75. The third-order valence-electron chi connectivity index (χ3n) is 7.38. The highest BCUT2D eigenvalue weighted by Gasteiger charge is 2.39. The number of nitrogen functional groups attached to an aromatic ring is 1. The van der Waals surface area contributed by atoms with Crippen LogP contribution in [0.3, 0.4) is 0 Å². The van der Waals surface area contributed by atoms with E-state index in [1.54, 1.807) is 6.07 Å². The number of nitrogens with two attached hydrogens (primary N) is 1. The molecule has 206 valence electrons. The van der Waals surface area contributed by atoms with Crippen LogP contribution in [0.15, 0.2) is 24.4 Å². The molecule has 0 spiro atoms. The van der Waals surface area contributed by atoms with Gasteiger partial charge < -0.3 is 35.6 Å². The number of likely N-dealkylation sites (N-methyl/N-ethyl adjacent to an activating group) is 1. The molecule has 2 aliphatic heterocycles. The minimum atomic E-state index is -1.11. The van der Waals surface area contributed by atoms with Crippen molar-refractivity contribution in [1.29, 1.82) is 0 Å². The van der Waals surface area contributed by atoms with Gasteiger partial charge >= 0.3 is 5.97 Å². The second kappa shape index (κ2) is 9.84. The topological polar surface area (TPSA) is 146 Å². The first-order valence-electron chi connectivity index (χ1n) is 12.9. The monoisotopic (exact) mass is 533 g/mol. The molecule has 12 heteroatoms. The van der Waals surface area contributed by atoms with Crippen molar-refractivity contribution in [2.24, 2.45) is 0 Å². The van der Waals surface area contributed by atoms with Crippen LogP contribution in [0.25, 0.3) is 0 Å². The SMILES string of the molecule is COc1nc(N2CC[C@@H](N(C)C)C2)c(N)cc1Nc1ncc(C(=O)O)c(N2CC(C)(C)c3nc(C)ccc32)n1. The smallest absolute Gasteiger partial charge is 0.341 e. The van der Waals surface area contributed by atoms with Crippen molar-refractivity contribution in [3.8, 4) is 5.88 Å². The number of aryl methyl sites for hydroxylation is 1. The highest BCUT2D eigenvalue weighted by atomic mass is 16.5. The Morgan fingerprint density at radius 3 is 2.67 bits per heavy atom. The van der Waals surface area contributed by atoms with Gasteiger partial charge in [0.1, 0.15) is 11.3 Å². The summed E-state index contributed by atoms with van der Waals surface area (Å²) in [4.78, 5) is 36.8. The summed E-state index contributed by atoms with van der Waals surface area (Å²) < 4.78 is 5.59. The summed E-state index contributed by atoms with van der Waals surface area (Å²) in [7, 11) is 5.68. The zero-order valence-corrected chi connectivity index (χ0v) is 23.2. The number of nitrogens with one attached hydrogen (secondary N) is 1. The Labute approximate surface area is 227 Å². The van der Waals surface area contributed by atoms with Crippen LogP contribution in [0.1, 0.15) is 42.0 Å². The second-order valence-corrected chi connectivity index (χ2v) is 11.0. The average Bonchev–Trinajstić information content (AvgIpc) is 3.47. The predicted molar refractivity (Wildman–Crippen MR) is 151 cm³/mol. The van der Waals surface area contributed by atoms with E-state index in [1.165, 1.54) is 13.3 Å². The Morgan fingerprint density at radius 1 is 1.23 bits per heavy atom. The van der Waals surface area contributed by atoms with E-state index in [2.05, 4.69) is 53.0 Å². The molecular weight excluding hydrogens is 498 g/mol. The first kappa shape index (κ1) is 26.4. The van der Waals surface area contributed by atoms with E-state index in [-0.39, 0.29) is 22.7 Å². The number of hydrogen-bond donors (Lipinski definition) is 3. The molecular formula is C27H35N9O3. The Bertz CT molecular complexity index is 1430. The van der Waals surface area contributed by atoms with Gasteiger partial charge in [0.05, 0.1) is 24.2 Å². The van der Waals surface area contributed by atoms with Crippen molar-refractivity contribution in [3.63, 3.8) is 0 Å². The molecule has 0 amide bonds. The van der Waals surface area contributed by atoms with Crippen molar-refractivity contribution in [3.05, 3.63) is 41.3 Å². The third-order valence-corrected chi connectivity index (χ3v) is 7.38. The van der Waals surface area contributed by atoms with Gasteiger partial charge in [0.25, 0.3) is 0 Å². The summed E-state index contributed by atoms with van der Waals surface area (Å²) in [6.45, 7) is 8.30. The van der Waals surface area contributed by atoms with Crippen LogP contribution >= 0.6 is 0 Å². The Balaban J connectivity index is 1.49. The molecule has 1 fully saturated rings. The fraction of sp³-hybridized carbons (Fsp3) is 0.444. The van der Waals surface area contributed by atoms with Gasteiger partial charge in [-0.1, -0.05) is 13.8 Å². The number of methoxy groups -OCH3 is 1. The molecule has 3 aromatic rings. The fourth-order valence-electron chi connectivity index (χ4n) is 5.28. The molecule has 2 aliphatic rings. The maximum Gasteiger partial charge on any atom is 0.341 e. The minimum Gasteiger partial charge on any atom is -0.479 e. The van der Waals surface area contributed by atoms with E-state index in [1.807, 2.05) is 24.0 Å². The molecule has 12 nitrogen and oxygen atoms in total. The van der Waals surface area contributed by atoms with E-state index >= 15 is 0 Å². The molecule has 0 aliphatic carbocycles. The molecule has 39 heavy (non-hydrogen) atoms. The van der Waals surface area contributed by atoms with Crippen molar-refractivity contribution >= 4 is 40.6 Å². The van der Waals surface area contributed by atoms with Crippen molar-refractivity contribution in [2.45, 2.75) is 38.6 Å². The molecule has 0 radical (unpaired) electrons. The van der Waals surface area contributed by atoms with Crippen LogP contribution in [0.4, 0.5) is 34.6 Å². The number of carbonyl (C=O) groups is 1. The first-order valence-corrected chi connectivity index (χ1v) is 12.9. The van der Waals surface area contributed by atoms with Gasteiger partial charge in [-0.15, -0.1) is 0 Å². The number of pyridine rings is 2. The highest BCUT2D eigenvalue weighted by molar-refractivity contribution is 5.95. The Morgan fingerprint density at radius 2 is 2.00 bits per heavy atom. The van der Waals surface area contributed by atoms with Crippen LogP contribution in [0.2, 0.25) is 0 Å². The number of aromatic nitrogens is 4. The molecule has 4 N–H and O–H groups in total. The predicted octanol–water partition coefficient (Wildman–Crippen LogP) is 3.18. The third kappa shape index (κ3) is 4.87. The van der Waals surface area contributed by atoms with Gasteiger partial charge in [-0.3, -0.25) is 4.98 Å². The lowest BCUT2D eigenvalue weighted by molar-refractivity contribution is 0.0697. The minimum absolute atomic E-state index is 0.00536. The van der Waals surface area contributed by atoms with E-state index in [0.29, 0.717) is 35.7 Å². The lowest BCUT2D eigenvalue weighted by Gasteiger charge is -2.24. The lowest BCUT2D eigenvalue weighted by atomic mass is 9.91. The molecule has 3 aromatic heterocycles. The van der Waals surface area contributed by atoms with Crippen molar-refractivity contribution < 1.29 is 14.6 Å². The molecule has 1 saturated heterocycles. The van der Waals surface area contributed by atoms with Gasteiger partial charge in [-0.25, -0.2) is 9.78 Å². The van der Waals surface area contributed by atoms with Gasteiger partial charge in [0, 0.05) is 43.0 Å². The van der Waals surface area contributed by atoms with Gasteiger partial charge in [0.15, 0.2) is 11.6 Å². The highest BCUT2D eigenvalue weighted by Crippen LogP contribution is 2.44. The molecule has 0 unspecified atom stereocenters. The van der Waals surface area contributed by atoms with E-state index in [9.17, 15) is 9.90 Å². The largest absolute Gasteiger partial charge is 0.479 e. The molecule has 0 aromatic carbocycles. The van der Waals surface area contributed by atoms with Crippen molar-refractivity contribution in [2.75, 3.05) is 61.7 Å². The number of nitrogens with zero attached hydrogens (tertiary/aromatic N) is 7. The normalized spacial score (nSPS) is 18.0. The molecule has 5 rings (SSSR count). The van der Waals surface area contributed by atoms with Crippen LogP contribution in [-0.2, 0) is 5.41 Å². The van der Waals surface area contributed by atoms with Crippen molar-refractivity contribution in [1.82, 2.24) is 24.8 Å². The quantitative estimate of drug-likeness (QED) is 0.410. The zero-order chi connectivity index (χ0) is 28.1. The van der Waals surface area contributed by atoms with Gasteiger partial charge in [-0.05, 0) is 45.6 Å². The maximum atomic E-state index is 12.2. The summed E-state index contributed by atoms with van der Waals surface area (Å²) in [6, 6.07) is 6.04. The lowest BCUT2D eigenvalue weighted by Crippen LogP contribution is -2.32.